The molecule has 30 heavy (non-hydrogen) atoms. The maximum Gasteiger partial charge on any atom is 0.219 e. The number of carbonyl (C=O) groups is 1. The molecular formula is C25H27N3O2. The van der Waals surface area contributed by atoms with Gasteiger partial charge < -0.3 is 9.64 Å². The predicted octanol–water partition coefficient (Wildman–Crippen LogP) is 3.89. The average Bonchev–Trinajstić information content (AvgIpc) is 3.31. The first-order valence-corrected chi connectivity index (χ1v) is 10.6. The molecule has 154 valence electrons. The summed E-state index contributed by atoms with van der Waals surface area (Å²) in [7, 11) is 1.68. The van der Waals surface area contributed by atoms with Crippen molar-refractivity contribution in [1.29, 1.82) is 0 Å². The molecule has 3 heterocycles. The van der Waals surface area contributed by atoms with Crippen molar-refractivity contribution in [3.8, 4) is 5.75 Å². The van der Waals surface area contributed by atoms with E-state index in [1.54, 1.807) is 14.0 Å². The van der Waals surface area contributed by atoms with Gasteiger partial charge in [0.05, 0.1) is 18.7 Å². The number of rotatable bonds is 4. The van der Waals surface area contributed by atoms with Crippen LogP contribution in [-0.4, -0.2) is 47.4 Å². The minimum Gasteiger partial charge on any atom is -0.497 e. The Morgan fingerprint density at radius 1 is 1.07 bits per heavy atom. The number of nitrogens with zero attached hydrogens (tertiary/aromatic N) is 3. The molecule has 5 rings (SSSR count). The molecule has 1 aromatic heterocycles. The summed E-state index contributed by atoms with van der Waals surface area (Å²) < 4.78 is 5.32. The van der Waals surface area contributed by atoms with Gasteiger partial charge in [-0.05, 0) is 35.2 Å². The van der Waals surface area contributed by atoms with E-state index in [2.05, 4.69) is 51.2 Å². The van der Waals surface area contributed by atoms with E-state index < -0.39 is 0 Å². The lowest BCUT2D eigenvalue weighted by Gasteiger charge is -2.29. The second-order valence-electron chi connectivity index (χ2n) is 8.50. The van der Waals surface area contributed by atoms with Gasteiger partial charge in [-0.3, -0.25) is 14.7 Å². The highest BCUT2D eigenvalue weighted by Gasteiger charge is 2.48. The molecule has 3 aromatic rings. The molecule has 3 atom stereocenters. The number of amides is 1. The van der Waals surface area contributed by atoms with Gasteiger partial charge in [0.1, 0.15) is 5.75 Å². The molecule has 1 amide bonds. The van der Waals surface area contributed by atoms with Crippen molar-refractivity contribution >= 4 is 16.8 Å². The number of carbonyl (C=O) groups excluding carboxylic acids is 1. The first-order chi connectivity index (χ1) is 14.6. The van der Waals surface area contributed by atoms with Gasteiger partial charge in [-0.2, -0.15) is 0 Å². The standard InChI is InChI=1S/C25H27N3O2/c1-17(29)28-15-21-14-27(13-20-6-3-5-18-7-4-12-26-24(18)20)16-23(21)25(28)19-8-10-22(30-2)11-9-19/h3-12,21,23,25H,13-16H2,1-2H3/t21-,23-,25+/m1/s1. The minimum absolute atomic E-state index is 0.133. The van der Waals surface area contributed by atoms with Crippen molar-refractivity contribution in [3.05, 3.63) is 71.9 Å². The van der Waals surface area contributed by atoms with Crippen molar-refractivity contribution in [2.45, 2.75) is 19.5 Å². The zero-order valence-electron chi connectivity index (χ0n) is 17.5. The van der Waals surface area contributed by atoms with Crippen molar-refractivity contribution in [2.75, 3.05) is 26.7 Å². The Balaban J connectivity index is 1.39. The van der Waals surface area contributed by atoms with Gasteiger partial charge in [-0.25, -0.2) is 0 Å². The van der Waals surface area contributed by atoms with E-state index in [9.17, 15) is 4.79 Å². The van der Waals surface area contributed by atoms with Crippen LogP contribution in [0.15, 0.2) is 60.8 Å². The molecule has 2 aliphatic rings. The van der Waals surface area contributed by atoms with Crippen LogP contribution < -0.4 is 4.74 Å². The monoisotopic (exact) mass is 401 g/mol. The number of fused-ring (bicyclic) bond motifs is 2. The fraction of sp³-hybridized carbons (Fsp3) is 0.360. The molecule has 0 saturated carbocycles. The second-order valence-corrected chi connectivity index (χ2v) is 8.50. The first-order valence-electron chi connectivity index (χ1n) is 10.6. The van der Waals surface area contributed by atoms with E-state index in [0.717, 1.165) is 37.4 Å². The number of likely N-dealkylation sites (tertiary alicyclic amines) is 2. The van der Waals surface area contributed by atoms with Gasteiger partial charge in [0.15, 0.2) is 0 Å². The van der Waals surface area contributed by atoms with E-state index in [-0.39, 0.29) is 11.9 Å². The van der Waals surface area contributed by atoms with E-state index in [0.29, 0.717) is 11.8 Å². The van der Waals surface area contributed by atoms with Gasteiger partial charge in [-0.15, -0.1) is 0 Å². The first kappa shape index (κ1) is 19.1. The van der Waals surface area contributed by atoms with Crippen LogP contribution >= 0.6 is 0 Å². The van der Waals surface area contributed by atoms with Gasteiger partial charge in [0.25, 0.3) is 0 Å². The highest BCUT2D eigenvalue weighted by Crippen LogP contribution is 2.45. The summed E-state index contributed by atoms with van der Waals surface area (Å²) in [4.78, 5) is 21.6. The largest absolute Gasteiger partial charge is 0.497 e. The number of benzene rings is 2. The fourth-order valence-corrected chi connectivity index (χ4v) is 5.35. The molecule has 5 heteroatoms. The van der Waals surface area contributed by atoms with Crippen LogP contribution in [-0.2, 0) is 11.3 Å². The zero-order valence-corrected chi connectivity index (χ0v) is 17.5. The summed E-state index contributed by atoms with van der Waals surface area (Å²) in [6.45, 7) is 5.44. The van der Waals surface area contributed by atoms with Crippen molar-refractivity contribution in [1.82, 2.24) is 14.8 Å². The number of methoxy groups -OCH3 is 1. The average molecular weight is 402 g/mol. The van der Waals surface area contributed by atoms with E-state index in [1.165, 1.54) is 16.5 Å². The van der Waals surface area contributed by atoms with E-state index >= 15 is 0 Å². The van der Waals surface area contributed by atoms with Gasteiger partial charge in [-0.1, -0.05) is 36.4 Å². The number of hydrogen-bond donors (Lipinski definition) is 0. The van der Waals surface area contributed by atoms with Crippen LogP contribution in [0, 0.1) is 11.8 Å². The number of hydrogen-bond acceptors (Lipinski definition) is 4. The molecular weight excluding hydrogens is 374 g/mol. The highest BCUT2D eigenvalue weighted by atomic mass is 16.5. The second kappa shape index (κ2) is 7.73. The zero-order chi connectivity index (χ0) is 20.7. The molecule has 0 N–H and O–H groups in total. The molecule has 0 radical (unpaired) electrons. The summed E-state index contributed by atoms with van der Waals surface area (Å²) in [6, 6.07) is 18.9. The van der Waals surface area contributed by atoms with Gasteiger partial charge in [0, 0.05) is 50.6 Å². The third kappa shape index (κ3) is 3.33. The highest BCUT2D eigenvalue weighted by molar-refractivity contribution is 5.81. The molecule has 2 aliphatic heterocycles. The summed E-state index contributed by atoms with van der Waals surface area (Å²) in [5.41, 5.74) is 3.57. The number of ether oxygens (including phenoxy) is 1. The van der Waals surface area contributed by atoms with Crippen molar-refractivity contribution < 1.29 is 9.53 Å². The predicted molar refractivity (Wildman–Crippen MR) is 117 cm³/mol. The SMILES string of the molecule is COc1ccc([C@H]2[C@@H]3CN(Cc4cccc5cccnc45)C[C@@H]3CN2C(C)=O)cc1. The lowest BCUT2D eigenvalue weighted by molar-refractivity contribution is -0.130. The summed E-state index contributed by atoms with van der Waals surface area (Å²) in [5.74, 6) is 1.96. The molecule has 5 nitrogen and oxygen atoms in total. The van der Waals surface area contributed by atoms with Crippen LogP contribution in [0.1, 0.15) is 24.1 Å². The Morgan fingerprint density at radius 2 is 1.87 bits per heavy atom. The quantitative estimate of drug-likeness (QED) is 0.665. The van der Waals surface area contributed by atoms with Crippen LogP contribution in [0.3, 0.4) is 0 Å². The maximum atomic E-state index is 12.4. The van der Waals surface area contributed by atoms with Crippen LogP contribution in [0.2, 0.25) is 0 Å². The maximum absolute atomic E-state index is 12.4. The molecule has 0 bridgehead atoms. The smallest absolute Gasteiger partial charge is 0.219 e. The van der Waals surface area contributed by atoms with Crippen LogP contribution in [0.25, 0.3) is 10.9 Å². The number of para-hydroxylation sites is 1. The van der Waals surface area contributed by atoms with Gasteiger partial charge >= 0.3 is 0 Å². The minimum atomic E-state index is 0.133. The Morgan fingerprint density at radius 3 is 2.63 bits per heavy atom. The van der Waals surface area contributed by atoms with E-state index in [1.807, 2.05) is 24.4 Å². The third-order valence-electron chi connectivity index (χ3n) is 6.71. The summed E-state index contributed by atoms with van der Waals surface area (Å²) in [5, 5.41) is 1.19. The van der Waals surface area contributed by atoms with Crippen LogP contribution in [0.4, 0.5) is 0 Å². The normalized spacial score (nSPS) is 23.7. The topological polar surface area (TPSA) is 45.7 Å². The summed E-state index contributed by atoms with van der Waals surface area (Å²) >= 11 is 0. The molecule has 2 saturated heterocycles. The van der Waals surface area contributed by atoms with Gasteiger partial charge in [0.2, 0.25) is 5.91 Å². The summed E-state index contributed by atoms with van der Waals surface area (Å²) in [6.07, 6.45) is 1.87. The Labute approximate surface area is 177 Å². The lowest BCUT2D eigenvalue weighted by Crippen LogP contribution is -2.34. The third-order valence-corrected chi connectivity index (χ3v) is 6.71. The Bertz CT molecular complexity index is 1060. The van der Waals surface area contributed by atoms with Crippen LogP contribution in [0.5, 0.6) is 5.75 Å². The Hall–Kier alpha value is -2.92. The molecule has 2 fully saturated rings. The molecule has 0 unspecified atom stereocenters. The Kier molecular flexibility index (Phi) is 4.91. The number of pyridine rings is 1. The lowest BCUT2D eigenvalue weighted by atomic mass is 9.89. The molecule has 0 aliphatic carbocycles. The number of aromatic nitrogens is 1. The molecule has 2 aromatic carbocycles. The fourth-order valence-electron chi connectivity index (χ4n) is 5.35. The molecule has 0 spiro atoms. The van der Waals surface area contributed by atoms with Crippen molar-refractivity contribution in [2.24, 2.45) is 11.8 Å². The van der Waals surface area contributed by atoms with E-state index in [4.69, 9.17) is 4.74 Å². The van der Waals surface area contributed by atoms with Crippen molar-refractivity contribution in [3.63, 3.8) is 0 Å².